The van der Waals surface area contributed by atoms with Gasteiger partial charge in [-0.1, -0.05) is 13.8 Å². The standard InChI is InChI=1S/C15H23N3O3S/c1-3-8-22(20,21)18-14-6-4-13(5-7-14)17-15(19)11(2)12-9-16-10-12/h4-7,11-12,16,18H,3,8-10H2,1-2H3,(H,17,19). The highest BCUT2D eigenvalue weighted by atomic mass is 32.2. The van der Waals surface area contributed by atoms with Crippen molar-refractivity contribution < 1.29 is 13.2 Å². The van der Waals surface area contributed by atoms with Crippen LogP contribution in [0.4, 0.5) is 11.4 Å². The molecule has 6 nitrogen and oxygen atoms in total. The number of amides is 1. The molecule has 0 bridgehead atoms. The molecule has 1 aliphatic heterocycles. The number of sulfonamides is 1. The molecule has 1 amide bonds. The lowest BCUT2D eigenvalue weighted by Crippen LogP contribution is -2.48. The average molecular weight is 325 g/mol. The van der Waals surface area contributed by atoms with Crippen LogP contribution >= 0.6 is 0 Å². The number of carbonyl (C=O) groups is 1. The van der Waals surface area contributed by atoms with Gasteiger partial charge in [-0.05, 0) is 49.7 Å². The van der Waals surface area contributed by atoms with E-state index < -0.39 is 10.0 Å². The van der Waals surface area contributed by atoms with Crippen molar-refractivity contribution in [1.29, 1.82) is 0 Å². The minimum atomic E-state index is -3.29. The zero-order chi connectivity index (χ0) is 16.2. The predicted octanol–water partition coefficient (Wildman–Crippen LogP) is 1.63. The molecule has 7 heteroatoms. The maximum atomic E-state index is 12.1. The van der Waals surface area contributed by atoms with E-state index >= 15 is 0 Å². The summed E-state index contributed by atoms with van der Waals surface area (Å²) in [6.07, 6.45) is 0.567. The second kappa shape index (κ2) is 7.11. The third-order valence-corrected chi connectivity index (χ3v) is 5.32. The topological polar surface area (TPSA) is 87.3 Å². The van der Waals surface area contributed by atoms with Gasteiger partial charge in [0.05, 0.1) is 5.75 Å². The third kappa shape index (κ3) is 4.45. The Kier molecular flexibility index (Phi) is 5.42. The molecule has 3 N–H and O–H groups in total. The molecule has 0 saturated carbocycles. The Balaban J connectivity index is 1.92. The SMILES string of the molecule is CCCS(=O)(=O)Nc1ccc(NC(=O)C(C)C2CNC2)cc1. The highest BCUT2D eigenvalue weighted by Gasteiger charge is 2.28. The summed E-state index contributed by atoms with van der Waals surface area (Å²) in [4.78, 5) is 12.1. The van der Waals surface area contributed by atoms with Gasteiger partial charge in [-0.2, -0.15) is 0 Å². The average Bonchev–Trinajstić information content (AvgIpc) is 2.38. The summed E-state index contributed by atoms with van der Waals surface area (Å²) in [5.41, 5.74) is 1.17. The minimum absolute atomic E-state index is 0.00851. The summed E-state index contributed by atoms with van der Waals surface area (Å²) in [5.74, 6) is 0.438. The van der Waals surface area contributed by atoms with Gasteiger partial charge in [0.15, 0.2) is 0 Å². The highest BCUT2D eigenvalue weighted by molar-refractivity contribution is 7.92. The number of hydrogen-bond acceptors (Lipinski definition) is 4. The van der Waals surface area contributed by atoms with E-state index in [4.69, 9.17) is 0 Å². The van der Waals surface area contributed by atoms with Gasteiger partial charge in [0.25, 0.3) is 0 Å². The normalized spacial score (nSPS) is 16.6. The Morgan fingerprint density at radius 1 is 1.27 bits per heavy atom. The number of carbonyl (C=O) groups excluding carboxylic acids is 1. The van der Waals surface area contributed by atoms with Crippen LogP contribution in [-0.4, -0.2) is 33.2 Å². The Labute approximate surface area is 131 Å². The Bertz CT molecular complexity index is 609. The van der Waals surface area contributed by atoms with Crippen molar-refractivity contribution in [1.82, 2.24) is 5.32 Å². The minimum Gasteiger partial charge on any atom is -0.326 e. The van der Waals surface area contributed by atoms with Crippen LogP contribution in [0, 0.1) is 11.8 Å². The van der Waals surface area contributed by atoms with E-state index in [0.29, 0.717) is 23.7 Å². The van der Waals surface area contributed by atoms with Crippen LogP contribution in [0.2, 0.25) is 0 Å². The van der Waals surface area contributed by atoms with Crippen molar-refractivity contribution >= 4 is 27.3 Å². The lowest BCUT2D eigenvalue weighted by atomic mass is 9.88. The largest absolute Gasteiger partial charge is 0.326 e. The second-order valence-electron chi connectivity index (χ2n) is 5.69. The molecule has 0 radical (unpaired) electrons. The number of hydrogen-bond donors (Lipinski definition) is 3. The summed E-state index contributed by atoms with van der Waals surface area (Å²) in [6.45, 7) is 5.50. The number of anilines is 2. The van der Waals surface area contributed by atoms with Crippen LogP contribution < -0.4 is 15.4 Å². The van der Waals surface area contributed by atoms with Crippen molar-refractivity contribution in [2.75, 3.05) is 28.9 Å². The van der Waals surface area contributed by atoms with Gasteiger partial charge < -0.3 is 10.6 Å². The molecule has 1 aliphatic rings. The second-order valence-corrected chi connectivity index (χ2v) is 7.54. The van der Waals surface area contributed by atoms with Crippen LogP contribution in [0.1, 0.15) is 20.3 Å². The van der Waals surface area contributed by atoms with Crippen molar-refractivity contribution in [3.05, 3.63) is 24.3 Å². The van der Waals surface area contributed by atoms with Gasteiger partial charge in [-0.15, -0.1) is 0 Å². The molecule has 1 heterocycles. The molecule has 1 aromatic rings. The van der Waals surface area contributed by atoms with Crippen molar-refractivity contribution in [2.45, 2.75) is 20.3 Å². The fourth-order valence-corrected chi connectivity index (χ4v) is 3.39. The van der Waals surface area contributed by atoms with Gasteiger partial charge >= 0.3 is 0 Å². The number of rotatable bonds is 7. The van der Waals surface area contributed by atoms with Gasteiger partial charge in [0.2, 0.25) is 15.9 Å². The van der Waals surface area contributed by atoms with Crippen LogP contribution in [0.15, 0.2) is 24.3 Å². The van der Waals surface area contributed by atoms with E-state index in [2.05, 4.69) is 15.4 Å². The lowest BCUT2D eigenvalue weighted by Gasteiger charge is -2.31. The Morgan fingerprint density at radius 3 is 2.36 bits per heavy atom. The van der Waals surface area contributed by atoms with E-state index in [1.807, 2.05) is 13.8 Å². The van der Waals surface area contributed by atoms with Crippen LogP contribution in [-0.2, 0) is 14.8 Å². The molecule has 1 unspecified atom stereocenters. The van der Waals surface area contributed by atoms with Gasteiger partial charge in [0.1, 0.15) is 0 Å². The molecular formula is C15H23N3O3S. The molecule has 1 saturated heterocycles. The zero-order valence-electron chi connectivity index (χ0n) is 12.9. The summed E-state index contributed by atoms with van der Waals surface area (Å²) in [5, 5.41) is 6.02. The van der Waals surface area contributed by atoms with E-state index in [0.717, 1.165) is 13.1 Å². The molecule has 0 aromatic heterocycles. The van der Waals surface area contributed by atoms with Gasteiger partial charge in [0, 0.05) is 17.3 Å². The van der Waals surface area contributed by atoms with Gasteiger partial charge in [-0.3, -0.25) is 9.52 Å². The number of benzene rings is 1. The lowest BCUT2D eigenvalue weighted by molar-refractivity contribution is -0.121. The Morgan fingerprint density at radius 2 is 1.86 bits per heavy atom. The smallest absolute Gasteiger partial charge is 0.232 e. The molecule has 1 aromatic carbocycles. The number of nitrogens with one attached hydrogen (secondary N) is 3. The summed E-state index contributed by atoms with van der Waals surface area (Å²) in [6, 6.07) is 6.71. The van der Waals surface area contributed by atoms with E-state index in [9.17, 15) is 13.2 Å². The molecule has 1 atom stereocenters. The summed E-state index contributed by atoms with van der Waals surface area (Å²) in [7, 11) is -3.29. The first-order chi connectivity index (χ1) is 10.4. The van der Waals surface area contributed by atoms with Crippen molar-refractivity contribution in [3.8, 4) is 0 Å². The van der Waals surface area contributed by atoms with E-state index in [-0.39, 0.29) is 17.6 Å². The van der Waals surface area contributed by atoms with Crippen LogP contribution in [0.25, 0.3) is 0 Å². The Hall–Kier alpha value is -1.60. The van der Waals surface area contributed by atoms with Crippen molar-refractivity contribution in [3.63, 3.8) is 0 Å². The first kappa shape index (κ1) is 16.8. The van der Waals surface area contributed by atoms with Crippen molar-refractivity contribution in [2.24, 2.45) is 11.8 Å². The van der Waals surface area contributed by atoms with E-state index in [1.165, 1.54) is 0 Å². The third-order valence-electron chi connectivity index (χ3n) is 3.83. The first-order valence-corrected chi connectivity index (χ1v) is 9.18. The molecule has 2 rings (SSSR count). The van der Waals surface area contributed by atoms with E-state index in [1.54, 1.807) is 24.3 Å². The molecule has 22 heavy (non-hydrogen) atoms. The zero-order valence-corrected chi connectivity index (χ0v) is 13.7. The molecule has 1 fully saturated rings. The fourth-order valence-electron chi connectivity index (χ4n) is 2.26. The first-order valence-electron chi connectivity index (χ1n) is 7.53. The molecule has 0 spiro atoms. The highest BCUT2D eigenvalue weighted by Crippen LogP contribution is 2.20. The van der Waals surface area contributed by atoms with Gasteiger partial charge in [-0.25, -0.2) is 8.42 Å². The predicted molar refractivity (Wildman–Crippen MR) is 88.3 cm³/mol. The van der Waals surface area contributed by atoms with Crippen LogP contribution in [0.5, 0.6) is 0 Å². The quantitative estimate of drug-likeness (QED) is 0.711. The fraction of sp³-hybridized carbons (Fsp3) is 0.533. The maximum absolute atomic E-state index is 12.1. The maximum Gasteiger partial charge on any atom is 0.232 e. The molecular weight excluding hydrogens is 302 g/mol. The summed E-state index contributed by atoms with van der Waals surface area (Å²) < 4.78 is 25.9. The molecule has 0 aliphatic carbocycles. The molecule has 122 valence electrons. The summed E-state index contributed by atoms with van der Waals surface area (Å²) >= 11 is 0. The monoisotopic (exact) mass is 325 g/mol. The van der Waals surface area contributed by atoms with Crippen LogP contribution in [0.3, 0.4) is 0 Å².